The van der Waals surface area contributed by atoms with Crippen LogP contribution in [0.5, 0.6) is 0 Å². The van der Waals surface area contributed by atoms with Gasteiger partial charge in [0, 0.05) is 12.8 Å². The third-order valence-electron chi connectivity index (χ3n) is 8.26. The third-order valence-corrected chi connectivity index (χ3v) is 8.26. The summed E-state index contributed by atoms with van der Waals surface area (Å²) in [4.78, 5) is 0. The van der Waals surface area contributed by atoms with E-state index in [1.54, 1.807) is 0 Å². The van der Waals surface area contributed by atoms with Crippen LogP contribution in [0.2, 0.25) is 0 Å². The van der Waals surface area contributed by atoms with Crippen molar-refractivity contribution in [2.45, 2.75) is 26.7 Å². The first-order valence-corrected chi connectivity index (χ1v) is 15.4. The van der Waals surface area contributed by atoms with Gasteiger partial charge in [-0.3, -0.25) is 0 Å². The summed E-state index contributed by atoms with van der Waals surface area (Å²) in [5.74, 6) is 3.96. The second-order valence-corrected chi connectivity index (χ2v) is 11.1. The van der Waals surface area contributed by atoms with Gasteiger partial charge < -0.3 is 8.83 Å². The van der Waals surface area contributed by atoms with Crippen LogP contribution >= 0.6 is 0 Å². The van der Waals surface area contributed by atoms with E-state index in [1.165, 1.54) is 43.8 Å². The van der Waals surface area contributed by atoms with Crippen molar-refractivity contribution in [2.75, 3.05) is 0 Å². The molecule has 2 nitrogen and oxygen atoms in total. The van der Waals surface area contributed by atoms with Gasteiger partial charge in [-0.15, -0.1) is 57.9 Å². The molecule has 0 radical (unpaired) electrons. The number of furan rings is 2. The van der Waals surface area contributed by atoms with Crippen molar-refractivity contribution in [1.82, 2.24) is 0 Å². The first-order valence-electron chi connectivity index (χ1n) is 15.4. The Balaban J connectivity index is 0.000000155. The maximum Gasteiger partial charge on any atom is 2.00 e. The van der Waals surface area contributed by atoms with Crippen LogP contribution in [-0.2, 0) is 39.0 Å². The topological polar surface area (TPSA) is 26.3 Å². The predicted octanol–water partition coefficient (Wildman–Crippen LogP) is 12.1. The number of aryl methyl sites for hydroxylation is 2. The normalized spacial score (nSPS) is 10.9. The molecule has 0 aliphatic carbocycles. The summed E-state index contributed by atoms with van der Waals surface area (Å²) >= 11 is 0. The van der Waals surface area contributed by atoms with E-state index in [4.69, 9.17) is 8.83 Å². The molecule has 2 heterocycles. The molecule has 0 aliphatic rings. The van der Waals surface area contributed by atoms with Gasteiger partial charge in [0.1, 0.15) is 0 Å². The fourth-order valence-electron chi connectivity index (χ4n) is 5.94. The molecule has 218 valence electrons. The van der Waals surface area contributed by atoms with Gasteiger partial charge in [0.25, 0.3) is 0 Å². The molecule has 0 saturated carbocycles. The van der Waals surface area contributed by atoms with Crippen molar-refractivity contribution in [3.63, 3.8) is 0 Å². The Bertz CT molecular complexity index is 1980. The maximum atomic E-state index is 5.89. The minimum absolute atomic E-state index is 0. The zero-order valence-corrected chi connectivity index (χ0v) is 28.0. The Morgan fingerprint density at radius 1 is 0.467 bits per heavy atom. The summed E-state index contributed by atoms with van der Waals surface area (Å²) in [5.41, 5.74) is 7.34. The van der Waals surface area contributed by atoms with Crippen molar-refractivity contribution < 1.29 is 35.0 Å². The van der Waals surface area contributed by atoms with Gasteiger partial charge in [0.05, 0.1) is 23.0 Å². The van der Waals surface area contributed by atoms with Gasteiger partial charge in [0.15, 0.2) is 0 Å². The molecule has 0 aliphatic heterocycles. The van der Waals surface area contributed by atoms with Crippen LogP contribution in [0.4, 0.5) is 0 Å². The SMILES string of the molecule is CCc1ccc(-c2cc3c(-c4ccccc4)cccc3[cH-]2)o1.CCc1ccc(-c2cc3c(-c4ccccc4)cccc3[cH-]2)o1.[Zr+2]. The molecule has 0 bridgehead atoms. The van der Waals surface area contributed by atoms with E-state index in [2.05, 4.69) is 159 Å². The van der Waals surface area contributed by atoms with E-state index < -0.39 is 0 Å². The molecule has 45 heavy (non-hydrogen) atoms. The second-order valence-electron chi connectivity index (χ2n) is 11.1. The summed E-state index contributed by atoms with van der Waals surface area (Å²) in [6, 6.07) is 51.1. The Hall–Kier alpha value is -4.46. The maximum absolute atomic E-state index is 5.89. The second kappa shape index (κ2) is 13.7. The smallest absolute Gasteiger partial charge is 0.496 e. The molecular formula is C42H34O2Zr. The molecule has 0 N–H and O–H groups in total. The van der Waals surface area contributed by atoms with E-state index in [-0.39, 0.29) is 26.2 Å². The molecule has 8 rings (SSSR count). The van der Waals surface area contributed by atoms with Gasteiger partial charge in [0.2, 0.25) is 0 Å². The van der Waals surface area contributed by atoms with Crippen molar-refractivity contribution in [3.8, 4) is 44.9 Å². The van der Waals surface area contributed by atoms with Crippen molar-refractivity contribution >= 4 is 21.5 Å². The predicted molar refractivity (Wildman–Crippen MR) is 184 cm³/mol. The molecular weight excluding hydrogens is 628 g/mol. The Morgan fingerprint density at radius 3 is 1.27 bits per heavy atom. The van der Waals surface area contributed by atoms with Crippen LogP contribution in [0.1, 0.15) is 25.4 Å². The zero-order valence-electron chi connectivity index (χ0n) is 25.6. The Labute approximate surface area is 283 Å². The quantitative estimate of drug-likeness (QED) is 0.166. The van der Waals surface area contributed by atoms with E-state index >= 15 is 0 Å². The summed E-state index contributed by atoms with van der Waals surface area (Å²) in [6.45, 7) is 4.22. The van der Waals surface area contributed by atoms with Gasteiger partial charge in [-0.2, -0.15) is 0 Å². The average molecular weight is 662 g/mol. The van der Waals surface area contributed by atoms with Gasteiger partial charge >= 0.3 is 26.2 Å². The summed E-state index contributed by atoms with van der Waals surface area (Å²) < 4.78 is 11.8. The van der Waals surface area contributed by atoms with Crippen LogP contribution < -0.4 is 0 Å². The van der Waals surface area contributed by atoms with E-state index in [9.17, 15) is 0 Å². The van der Waals surface area contributed by atoms with Crippen LogP contribution in [0.25, 0.3) is 66.4 Å². The summed E-state index contributed by atoms with van der Waals surface area (Å²) in [5, 5.41) is 5.06. The fourth-order valence-corrected chi connectivity index (χ4v) is 5.94. The van der Waals surface area contributed by atoms with Gasteiger partial charge in [-0.1, -0.05) is 121 Å². The van der Waals surface area contributed by atoms with Crippen LogP contribution in [0.3, 0.4) is 0 Å². The van der Waals surface area contributed by atoms with Crippen molar-refractivity contribution in [2.24, 2.45) is 0 Å². The number of hydrogen-bond donors (Lipinski definition) is 0. The molecule has 3 heteroatoms. The summed E-state index contributed by atoms with van der Waals surface area (Å²) in [7, 11) is 0. The van der Waals surface area contributed by atoms with Crippen LogP contribution in [-0.4, -0.2) is 0 Å². The first-order chi connectivity index (χ1) is 21.7. The minimum Gasteiger partial charge on any atom is -0.496 e. The van der Waals surface area contributed by atoms with Crippen molar-refractivity contribution in [3.05, 3.63) is 157 Å². The number of fused-ring (bicyclic) bond motifs is 2. The van der Waals surface area contributed by atoms with Crippen LogP contribution in [0, 0.1) is 0 Å². The zero-order chi connectivity index (χ0) is 29.9. The third kappa shape index (κ3) is 6.37. The molecule has 0 atom stereocenters. The van der Waals surface area contributed by atoms with Crippen molar-refractivity contribution in [1.29, 1.82) is 0 Å². The van der Waals surface area contributed by atoms with Crippen LogP contribution in [0.15, 0.2) is 154 Å². The van der Waals surface area contributed by atoms with Gasteiger partial charge in [-0.25, -0.2) is 0 Å². The fraction of sp³-hybridized carbons (Fsp3) is 0.0952. The molecule has 8 aromatic rings. The molecule has 2 aromatic heterocycles. The number of benzene rings is 4. The summed E-state index contributed by atoms with van der Waals surface area (Å²) in [6.07, 6.45) is 1.85. The molecule has 0 unspecified atom stereocenters. The van der Waals surface area contributed by atoms with E-state index in [1.807, 2.05) is 0 Å². The molecule has 0 amide bonds. The molecule has 0 saturated heterocycles. The Kier molecular flexibility index (Phi) is 9.29. The standard InChI is InChI=1S/2C21H17O.Zr/c2*1-2-18-11-12-21(22-18)17-13-16-9-6-10-19(20(16)14-17)15-7-4-3-5-8-15;/h2*3-14H,2H2,1H3;/q2*-1;+2. The number of rotatable bonds is 6. The van der Waals surface area contributed by atoms with E-state index in [0.717, 1.165) is 47.0 Å². The monoisotopic (exact) mass is 660 g/mol. The largest absolute Gasteiger partial charge is 2.00 e. The van der Waals surface area contributed by atoms with E-state index in [0.29, 0.717) is 0 Å². The first kappa shape index (κ1) is 30.6. The average Bonchev–Trinajstić information content (AvgIpc) is 3.90. The minimum atomic E-state index is 0. The Morgan fingerprint density at radius 2 is 0.889 bits per heavy atom. The van der Waals surface area contributed by atoms with Gasteiger partial charge in [-0.05, 0) is 35.4 Å². The molecule has 0 spiro atoms. The molecule has 6 aromatic carbocycles. The molecule has 0 fully saturated rings. The number of hydrogen-bond acceptors (Lipinski definition) is 2.